The minimum atomic E-state index is -0.499. The van der Waals surface area contributed by atoms with Gasteiger partial charge in [0.1, 0.15) is 0 Å². The van der Waals surface area contributed by atoms with Crippen LogP contribution in [0.1, 0.15) is 13.3 Å². The molecule has 1 rings (SSSR count). The van der Waals surface area contributed by atoms with Crippen molar-refractivity contribution in [1.82, 2.24) is 5.23 Å². The average molecular weight is 175 g/mol. The lowest BCUT2D eigenvalue weighted by Crippen LogP contribution is -2.25. The van der Waals surface area contributed by atoms with Gasteiger partial charge in [-0.3, -0.25) is 9.68 Å². The number of esters is 1. The van der Waals surface area contributed by atoms with Crippen LogP contribution in [-0.2, 0) is 19.2 Å². The maximum absolute atomic E-state index is 10.9. The van der Waals surface area contributed by atoms with E-state index in [4.69, 9.17) is 9.68 Å². The Labute approximate surface area is 71.1 Å². The monoisotopic (exact) mass is 175 g/mol. The van der Waals surface area contributed by atoms with Crippen molar-refractivity contribution in [2.24, 2.45) is 0 Å². The molecule has 0 aromatic heterocycles. The fraction of sp³-hybridized carbons (Fsp3) is 0.857. The van der Waals surface area contributed by atoms with Gasteiger partial charge >= 0.3 is 5.97 Å². The molecule has 0 bridgehead atoms. The molecule has 5 nitrogen and oxygen atoms in total. The van der Waals surface area contributed by atoms with E-state index in [2.05, 4.69) is 4.74 Å². The SMILES string of the molecule is CCON1CCC(C(=O)OC)O1. The summed E-state index contributed by atoms with van der Waals surface area (Å²) in [5.41, 5.74) is 0. The Kier molecular flexibility index (Phi) is 3.46. The molecular weight excluding hydrogens is 162 g/mol. The molecule has 0 spiro atoms. The van der Waals surface area contributed by atoms with E-state index in [1.165, 1.54) is 12.3 Å². The Hall–Kier alpha value is -0.650. The zero-order valence-corrected chi connectivity index (χ0v) is 7.28. The van der Waals surface area contributed by atoms with Crippen LogP contribution in [0, 0.1) is 0 Å². The van der Waals surface area contributed by atoms with Gasteiger partial charge in [-0.2, -0.15) is 0 Å². The molecule has 1 heterocycles. The van der Waals surface area contributed by atoms with Gasteiger partial charge in [-0.05, 0) is 6.92 Å². The molecule has 0 aliphatic carbocycles. The van der Waals surface area contributed by atoms with Gasteiger partial charge in [-0.25, -0.2) is 4.79 Å². The minimum absolute atomic E-state index is 0.350. The van der Waals surface area contributed by atoms with Crippen molar-refractivity contribution in [3.63, 3.8) is 0 Å². The zero-order chi connectivity index (χ0) is 8.97. The summed E-state index contributed by atoms with van der Waals surface area (Å²) < 4.78 is 4.51. The molecule has 0 aromatic carbocycles. The van der Waals surface area contributed by atoms with Gasteiger partial charge in [0.25, 0.3) is 0 Å². The number of nitrogens with zero attached hydrogens (tertiary/aromatic N) is 1. The number of hydrogen-bond donors (Lipinski definition) is 0. The van der Waals surface area contributed by atoms with Gasteiger partial charge in [0.2, 0.25) is 0 Å². The van der Waals surface area contributed by atoms with Crippen LogP contribution in [-0.4, -0.2) is 37.6 Å². The number of hydrogen-bond acceptors (Lipinski definition) is 5. The van der Waals surface area contributed by atoms with Crippen LogP contribution in [0.15, 0.2) is 0 Å². The molecule has 1 atom stereocenters. The Balaban J connectivity index is 2.30. The first-order valence-electron chi connectivity index (χ1n) is 3.93. The lowest BCUT2D eigenvalue weighted by molar-refractivity contribution is -0.349. The van der Waals surface area contributed by atoms with Crippen molar-refractivity contribution >= 4 is 5.97 Å². The molecule has 0 radical (unpaired) electrons. The van der Waals surface area contributed by atoms with Crippen molar-refractivity contribution in [1.29, 1.82) is 0 Å². The van der Waals surface area contributed by atoms with E-state index in [0.717, 1.165) is 0 Å². The van der Waals surface area contributed by atoms with E-state index < -0.39 is 6.10 Å². The van der Waals surface area contributed by atoms with Crippen molar-refractivity contribution < 1.29 is 19.2 Å². The largest absolute Gasteiger partial charge is 0.467 e. The third-order valence-electron chi connectivity index (χ3n) is 1.56. The lowest BCUT2D eigenvalue weighted by Gasteiger charge is -2.13. The van der Waals surface area contributed by atoms with Crippen LogP contribution in [0.25, 0.3) is 0 Å². The molecule has 5 heteroatoms. The number of ether oxygens (including phenoxy) is 1. The molecule has 1 unspecified atom stereocenters. The average Bonchev–Trinajstić information content (AvgIpc) is 2.52. The molecule has 1 aliphatic rings. The number of rotatable bonds is 3. The van der Waals surface area contributed by atoms with Crippen LogP contribution < -0.4 is 0 Å². The smallest absolute Gasteiger partial charge is 0.337 e. The summed E-state index contributed by atoms with van der Waals surface area (Å²) in [7, 11) is 1.34. The first kappa shape index (κ1) is 9.44. The van der Waals surface area contributed by atoms with Crippen molar-refractivity contribution in [3.8, 4) is 0 Å². The second-order valence-corrected chi connectivity index (χ2v) is 2.38. The molecule has 70 valence electrons. The van der Waals surface area contributed by atoms with Crippen LogP contribution >= 0.6 is 0 Å². The second-order valence-electron chi connectivity index (χ2n) is 2.38. The molecule has 12 heavy (non-hydrogen) atoms. The van der Waals surface area contributed by atoms with E-state index in [-0.39, 0.29) is 5.97 Å². The third-order valence-corrected chi connectivity index (χ3v) is 1.56. The van der Waals surface area contributed by atoms with Gasteiger partial charge < -0.3 is 4.74 Å². The normalized spacial score (nSPS) is 24.3. The van der Waals surface area contributed by atoms with Gasteiger partial charge in [0, 0.05) is 6.42 Å². The van der Waals surface area contributed by atoms with Crippen LogP contribution in [0.3, 0.4) is 0 Å². The highest BCUT2D eigenvalue weighted by Gasteiger charge is 2.30. The Morgan fingerprint density at radius 1 is 1.75 bits per heavy atom. The summed E-state index contributed by atoms with van der Waals surface area (Å²) in [6.45, 7) is 3.00. The van der Waals surface area contributed by atoms with Crippen LogP contribution in [0.2, 0.25) is 0 Å². The summed E-state index contributed by atoms with van der Waals surface area (Å²) in [6, 6.07) is 0. The summed E-state index contributed by atoms with van der Waals surface area (Å²) in [5, 5.41) is 1.32. The van der Waals surface area contributed by atoms with E-state index in [9.17, 15) is 4.79 Å². The fourth-order valence-corrected chi connectivity index (χ4v) is 1.00. The highest BCUT2D eigenvalue weighted by atomic mass is 17.0. The fourth-order valence-electron chi connectivity index (χ4n) is 1.00. The maximum atomic E-state index is 10.9. The molecule has 1 saturated heterocycles. The van der Waals surface area contributed by atoms with E-state index >= 15 is 0 Å². The van der Waals surface area contributed by atoms with Gasteiger partial charge in [-0.15, -0.1) is 0 Å². The van der Waals surface area contributed by atoms with Gasteiger partial charge in [0.05, 0.1) is 20.3 Å². The molecule has 0 N–H and O–H groups in total. The topological polar surface area (TPSA) is 48.0 Å². The molecule has 1 fully saturated rings. The predicted molar refractivity (Wildman–Crippen MR) is 39.8 cm³/mol. The molecular formula is C7H13NO4. The van der Waals surface area contributed by atoms with E-state index in [1.54, 1.807) is 0 Å². The highest BCUT2D eigenvalue weighted by molar-refractivity contribution is 5.74. The number of methoxy groups -OCH3 is 1. The first-order chi connectivity index (χ1) is 5.77. The maximum Gasteiger partial charge on any atom is 0.337 e. The van der Waals surface area contributed by atoms with Crippen LogP contribution in [0.5, 0.6) is 0 Å². The van der Waals surface area contributed by atoms with Crippen molar-refractivity contribution in [2.45, 2.75) is 19.4 Å². The summed E-state index contributed by atoms with van der Waals surface area (Å²) >= 11 is 0. The molecule has 0 amide bonds. The standard InChI is InChI=1S/C7H13NO4/c1-3-11-8-5-4-6(12-8)7(9)10-2/h6H,3-5H2,1-2H3. The summed E-state index contributed by atoms with van der Waals surface area (Å²) in [4.78, 5) is 21.1. The number of hydroxylamine groups is 2. The molecule has 0 saturated carbocycles. The second kappa shape index (κ2) is 4.39. The Morgan fingerprint density at radius 3 is 3.08 bits per heavy atom. The van der Waals surface area contributed by atoms with E-state index in [1.807, 2.05) is 6.92 Å². The Bertz CT molecular complexity index is 161. The zero-order valence-electron chi connectivity index (χ0n) is 7.28. The Morgan fingerprint density at radius 2 is 2.50 bits per heavy atom. The van der Waals surface area contributed by atoms with E-state index in [0.29, 0.717) is 19.6 Å². The summed E-state index contributed by atoms with van der Waals surface area (Å²) in [5.74, 6) is -0.350. The van der Waals surface area contributed by atoms with Crippen LogP contribution in [0.4, 0.5) is 0 Å². The van der Waals surface area contributed by atoms with Gasteiger partial charge in [-0.1, -0.05) is 5.23 Å². The minimum Gasteiger partial charge on any atom is -0.467 e. The third kappa shape index (κ3) is 2.17. The predicted octanol–water partition coefficient (Wildman–Crippen LogP) is 0.117. The number of carbonyl (C=O) groups excluding carboxylic acids is 1. The quantitative estimate of drug-likeness (QED) is 0.570. The first-order valence-corrected chi connectivity index (χ1v) is 3.93. The lowest BCUT2D eigenvalue weighted by atomic mass is 10.3. The number of carbonyl (C=O) groups is 1. The summed E-state index contributed by atoms with van der Waals surface area (Å²) in [6.07, 6.45) is 0.119. The van der Waals surface area contributed by atoms with Crippen molar-refractivity contribution in [2.75, 3.05) is 20.3 Å². The van der Waals surface area contributed by atoms with Gasteiger partial charge in [0.15, 0.2) is 6.10 Å². The molecule has 0 aromatic rings. The highest BCUT2D eigenvalue weighted by Crippen LogP contribution is 2.14. The van der Waals surface area contributed by atoms with Crippen molar-refractivity contribution in [3.05, 3.63) is 0 Å². The molecule has 1 aliphatic heterocycles.